The first-order chi connectivity index (χ1) is 5.53. The maximum absolute atomic E-state index is 5.54. The second-order valence-electron chi connectivity index (χ2n) is 3.77. The van der Waals surface area contributed by atoms with Crippen LogP contribution in [-0.4, -0.2) is 25.6 Å². The fourth-order valence-corrected chi connectivity index (χ4v) is 1.48. The van der Waals surface area contributed by atoms with Gasteiger partial charge in [-0.25, -0.2) is 0 Å². The molecule has 0 aromatic carbocycles. The van der Waals surface area contributed by atoms with E-state index in [0.717, 1.165) is 6.42 Å². The third-order valence-electron chi connectivity index (χ3n) is 1.84. The molecule has 0 saturated carbocycles. The molecule has 1 heterocycles. The van der Waals surface area contributed by atoms with Crippen LogP contribution >= 0.6 is 0 Å². The monoisotopic (exact) mass is 172 g/mol. The van der Waals surface area contributed by atoms with E-state index < -0.39 is 7.32 Å². The summed E-state index contributed by atoms with van der Waals surface area (Å²) in [7, 11) is -0.478. The van der Waals surface area contributed by atoms with E-state index in [2.05, 4.69) is 13.8 Å². The lowest BCUT2D eigenvalue weighted by Gasteiger charge is -2.36. The van der Waals surface area contributed by atoms with Crippen molar-refractivity contribution < 1.29 is 14.0 Å². The van der Waals surface area contributed by atoms with E-state index in [-0.39, 0.29) is 11.7 Å². The highest BCUT2D eigenvalue weighted by molar-refractivity contribution is 6.36. The summed E-state index contributed by atoms with van der Waals surface area (Å²) in [6.45, 7) is 8.69. The van der Waals surface area contributed by atoms with E-state index in [4.69, 9.17) is 14.0 Å². The standard InChI is InChI=1S/C8H17BO3/c1-5-10-9-11-7(2)6-8(3,4)12-9/h7H,5-6H2,1-4H3/t7-/m0/s1. The molecule has 1 aliphatic rings. The van der Waals surface area contributed by atoms with Crippen molar-refractivity contribution in [3.8, 4) is 0 Å². The fourth-order valence-electron chi connectivity index (χ4n) is 1.48. The topological polar surface area (TPSA) is 27.7 Å². The molecule has 0 unspecified atom stereocenters. The van der Waals surface area contributed by atoms with Gasteiger partial charge in [0.05, 0.1) is 5.60 Å². The van der Waals surface area contributed by atoms with E-state index in [1.165, 1.54) is 0 Å². The summed E-state index contributed by atoms with van der Waals surface area (Å²) in [4.78, 5) is 0. The Kier molecular flexibility index (Phi) is 3.15. The van der Waals surface area contributed by atoms with Crippen molar-refractivity contribution in [2.24, 2.45) is 0 Å². The van der Waals surface area contributed by atoms with Crippen molar-refractivity contribution in [3.63, 3.8) is 0 Å². The average molecular weight is 172 g/mol. The van der Waals surface area contributed by atoms with Crippen molar-refractivity contribution in [1.82, 2.24) is 0 Å². The first kappa shape index (κ1) is 10.0. The molecule has 0 bridgehead atoms. The van der Waals surface area contributed by atoms with Crippen LogP contribution in [0.5, 0.6) is 0 Å². The van der Waals surface area contributed by atoms with Gasteiger partial charge in [0, 0.05) is 12.7 Å². The maximum atomic E-state index is 5.54. The zero-order chi connectivity index (χ0) is 9.19. The minimum atomic E-state index is -0.478. The molecule has 0 amide bonds. The summed E-state index contributed by atoms with van der Waals surface area (Å²) >= 11 is 0. The number of hydrogen-bond donors (Lipinski definition) is 0. The molecule has 0 N–H and O–H groups in total. The van der Waals surface area contributed by atoms with Gasteiger partial charge in [-0.2, -0.15) is 0 Å². The minimum Gasteiger partial charge on any atom is -0.386 e. The third-order valence-corrected chi connectivity index (χ3v) is 1.84. The van der Waals surface area contributed by atoms with Crippen molar-refractivity contribution in [1.29, 1.82) is 0 Å². The fraction of sp³-hybridized carbons (Fsp3) is 1.00. The highest BCUT2D eigenvalue weighted by atomic mass is 16.7. The van der Waals surface area contributed by atoms with Gasteiger partial charge in [0.25, 0.3) is 0 Å². The molecule has 1 saturated heterocycles. The summed E-state index contributed by atoms with van der Waals surface area (Å²) in [5.41, 5.74) is -0.127. The Bertz CT molecular complexity index is 149. The summed E-state index contributed by atoms with van der Waals surface area (Å²) in [5.74, 6) is 0. The van der Waals surface area contributed by atoms with Gasteiger partial charge in [0.1, 0.15) is 0 Å². The normalized spacial score (nSPS) is 29.0. The van der Waals surface area contributed by atoms with Gasteiger partial charge in [-0.1, -0.05) is 0 Å². The molecule has 1 rings (SSSR count). The molecular formula is C8H17BO3. The molecule has 4 heteroatoms. The van der Waals surface area contributed by atoms with Crippen LogP contribution in [0.25, 0.3) is 0 Å². The van der Waals surface area contributed by atoms with Crippen molar-refractivity contribution in [2.75, 3.05) is 6.61 Å². The van der Waals surface area contributed by atoms with Crippen LogP contribution in [-0.2, 0) is 14.0 Å². The van der Waals surface area contributed by atoms with Crippen molar-refractivity contribution in [2.45, 2.75) is 45.8 Å². The van der Waals surface area contributed by atoms with Crippen LogP contribution < -0.4 is 0 Å². The predicted molar refractivity (Wildman–Crippen MR) is 47.7 cm³/mol. The van der Waals surface area contributed by atoms with Gasteiger partial charge >= 0.3 is 7.32 Å². The van der Waals surface area contributed by atoms with Crippen LogP contribution in [0.1, 0.15) is 34.1 Å². The SMILES string of the molecule is CCOB1O[C@@H](C)CC(C)(C)O1. The Balaban J connectivity index is 2.46. The number of hydrogen-bond acceptors (Lipinski definition) is 3. The molecular weight excluding hydrogens is 155 g/mol. The third kappa shape index (κ3) is 2.77. The van der Waals surface area contributed by atoms with E-state index >= 15 is 0 Å². The largest absolute Gasteiger partial charge is 0.639 e. The van der Waals surface area contributed by atoms with Crippen LogP contribution in [0.15, 0.2) is 0 Å². The zero-order valence-electron chi connectivity index (χ0n) is 8.29. The van der Waals surface area contributed by atoms with Gasteiger partial charge in [-0.15, -0.1) is 0 Å². The van der Waals surface area contributed by atoms with Crippen LogP contribution in [0.2, 0.25) is 0 Å². The highest BCUT2D eigenvalue weighted by Crippen LogP contribution is 2.25. The van der Waals surface area contributed by atoms with Gasteiger partial charge < -0.3 is 14.0 Å². The van der Waals surface area contributed by atoms with Gasteiger partial charge in [-0.05, 0) is 34.1 Å². The molecule has 0 aliphatic carbocycles. The summed E-state index contributed by atoms with van der Waals surface area (Å²) in [6, 6.07) is 0. The first-order valence-corrected chi connectivity index (χ1v) is 4.48. The molecule has 1 aliphatic heterocycles. The zero-order valence-corrected chi connectivity index (χ0v) is 8.29. The Morgan fingerprint density at radius 1 is 1.58 bits per heavy atom. The number of rotatable bonds is 2. The lowest BCUT2D eigenvalue weighted by Crippen LogP contribution is -2.47. The van der Waals surface area contributed by atoms with Crippen LogP contribution in [0, 0.1) is 0 Å². The second kappa shape index (κ2) is 3.77. The molecule has 3 nitrogen and oxygen atoms in total. The molecule has 70 valence electrons. The molecule has 1 fully saturated rings. The molecule has 0 spiro atoms. The lowest BCUT2D eigenvalue weighted by atomic mass is 9.95. The van der Waals surface area contributed by atoms with E-state index in [0.29, 0.717) is 6.61 Å². The summed E-state index contributed by atoms with van der Waals surface area (Å²) in [6.07, 6.45) is 1.13. The molecule has 0 aromatic rings. The van der Waals surface area contributed by atoms with E-state index in [1.807, 2.05) is 13.8 Å². The van der Waals surface area contributed by atoms with Crippen LogP contribution in [0.3, 0.4) is 0 Å². The minimum absolute atomic E-state index is 0.127. The Hall–Kier alpha value is -0.0551. The molecule has 0 aromatic heterocycles. The Labute approximate surface area is 74.6 Å². The second-order valence-corrected chi connectivity index (χ2v) is 3.77. The molecule has 12 heavy (non-hydrogen) atoms. The van der Waals surface area contributed by atoms with Crippen LogP contribution in [0.4, 0.5) is 0 Å². The van der Waals surface area contributed by atoms with E-state index in [1.54, 1.807) is 0 Å². The Morgan fingerprint density at radius 2 is 2.25 bits per heavy atom. The predicted octanol–water partition coefficient (Wildman–Crippen LogP) is 1.61. The summed E-state index contributed by atoms with van der Waals surface area (Å²) in [5, 5.41) is 0. The maximum Gasteiger partial charge on any atom is 0.639 e. The van der Waals surface area contributed by atoms with E-state index in [9.17, 15) is 0 Å². The lowest BCUT2D eigenvalue weighted by molar-refractivity contribution is -0.0677. The highest BCUT2D eigenvalue weighted by Gasteiger charge is 2.38. The molecule has 0 radical (unpaired) electrons. The Morgan fingerprint density at radius 3 is 2.75 bits per heavy atom. The molecule has 1 atom stereocenters. The quantitative estimate of drug-likeness (QED) is 0.592. The van der Waals surface area contributed by atoms with Crippen molar-refractivity contribution >= 4 is 7.32 Å². The van der Waals surface area contributed by atoms with Gasteiger partial charge in [-0.3, -0.25) is 0 Å². The summed E-state index contributed by atoms with van der Waals surface area (Å²) < 4.78 is 16.2. The van der Waals surface area contributed by atoms with Gasteiger partial charge in [0.2, 0.25) is 0 Å². The first-order valence-electron chi connectivity index (χ1n) is 4.48. The van der Waals surface area contributed by atoms with Gasteiger partial charge in [0.15, 0.2) is 0 Å². The smallest absolute Gasteiger partial charge is 0.386 e. The average Bonchev–Trinajstić information content (AvgIpc) is 1.82. The van der Waals surface area contributed by atoms with Crippen molar-refractivity contribution in [3.05, 3.63) is 0 Å².